The predicted octanol–water partition coefficient (Wildman–Crippen LogP) is 5.37. The Labute approximate surface area is 137 Å². The molecule has 0 N–H and O–H groups in total. The van der Waals surface area contributed by atoms with Gasteiger partial charge in [0.05, 0.1) is 0 Å². The molecule has 0 saturated carbocycles. The van der Waals surface area contributed by atoms with Gasteiger partial charge in [-0.25, -0.2) is 0 Å². The summed E-state index contributed by atoms with van der Waals surface area (Å²) < 4.78 is 0. The second-order valence-corrected chi connectivity index (χ2v) is 7.30. The third kappa shape index (κ3) is 1.67. The highest BCUT2D eigenvalue weighted by Gasteiger charge is 2.46. The molecule has 0 bridgehead atoms. The Morgan fingerprint density at radius 3 is 1.61 bits per heavy atom. The smallest absolute Gasteiger partial charge is 0.0296 e. The summed E-state index contributed by atoms with van der Waals surface area (Å²) in [5, 5.41) is 0. The van der Waals surface area contributed by atoms with Crippen LogP contribution in [-0.4, -0.2) is 0 Å². The number of hydrogen-bond acceptors (Lipinski definition) is 0. The van der Waals surface area contributed by atoms with Gasteiger partial charge in [0.15, 0.2) is 0 Å². The summed E-state index contributed by atoms with van der Waals surface area (Å²) in [5.74, 6) is 0. The minimum atomic E-state index is 0.145. The molecule has 23 heavy (non-hydrogen) atoms. The average molecular weight is 296 g/mol. The molecule has 1 spiro atoms. The molecule has 0 fully saturated rings. The van der Waals surface area contributed by atoms with Crippen molar-refractivity contribution in [2.24, 2.45) is 0 Å². The van der Waals surface area contributed by atoms with Crippen LogP contribution in [0.5, 0.6) is 0 Å². The summed E-state index contributed by atoms with van der Waals surface area (Å²) >= 11 is 0. The number of hydrogen-bond donors (Lipinski definition) is 0. The minimum absolute atomic E-state index is 0.145. The molecule has 0 heterocycles. The molecular weight excluding hydrogens is 276 g/mol. The van der Waals surface area contributed by atoms with Crippen molar-refractivity contribution in [2.45, 2.75) is 32.1 Å². The molecular formula is C23H20. The van der Waals surface area contributed by atoms with Gasteiger partial charge in [-0.05, 0) is 60.1 Å². The van der Waals surface area contributed by atoms with Gasteiger partial charge in [-0.3, -0.25) is 0 Å². The Kier molecular flexibility index (Phi) is 2.48. The van der Waals surface area contributed by atoms with Crippen LogP contribution in [0.15, 0.2) is 60.7 Å². The molecule has 0 radical (unpaired) electrons. The highest BCUT2D eigenvalue weighted by Crippen LogP contribution is 2.55. The lowest BCUT2D eigenvalue weighted by Gasteiger charge is -2.27. The quantitative estimate of drug-likeness (QED) is 0.523. The summed E-state index contributed by atoms with van der Waals surface area (Å²) in [4.78, 5) is 0. The van der Waals surface area contributed by atoms with Crippen molar-refractivity contribution in [1.82, 2.24) is 0 Å². The van der Waals surface area contributed by atoms with Gasteiger partial charge in [-0.2, -0.15) is 0 Å². The van der Waals surface area contributed by atoms with Crippen molar-refractivity contribution >= 4 is 0 Å². The Bertz CT molecular complexity index is 868. The predicted molar refractivity (Wildman–Crippen MR) is 96.0 cm³/mol. The first-order chi connectivity index (χ1) is 11.2. The first-order valence-corrected chi connectivity index (χ1v) is 8.47. The molecule has 0 aromatic heterocycles. The second-order valence-electron chi connectivity index (χ2n) is 7.30. The highest BCUT2D eigenvalue weighted by molar-refractivity contribution is 5.83. The lowest BCUT2D eigenvalue weighted by molar-refractivity contribution is 0.563. The maximum Gasteiger partial charge on any atom is 0.0296 e. The lowest BCUT2D eigenvalue weighted by Crippen LogP contribution is -2.26. The molecule has 0 aliphatic heterocycles. The summed E-state index contributed by atoms with van der Waals surface area (Å²) in [5.41, 5.74) is 11.9. The molecule has 0 saturated heterocycles. The molecule has 5 rings (SSSR count). The van der Waals surface area contributed by atoms with E-state index in [1.807, 2.05) is 0 Å². The zero-order valence-electron chi connectivity index (χ0n) is 13.7. The summed E-state index contributed by atoms with van der Waals surface area (Å²) in [6.07, 6.45) is 2.27. The Balaban J connectivity index is 1.83. The van der Waals surface area contributed by atoms with Crippen LogP contribution in [0, 0.1) is 13.8 Å². The molecule has 0 nitrogen and oxygen atoms in total. The van der Waals surface area contributed by atoms with Gasteiger partial charge in [0.2, 0.25) is 0 Å². The maximum atomic E-state index is 2.43. The fraction of sp³-hybridized carbons (Fsp3) is 0.217. The van der Waals surface area contributed by atoms with Crippen molar-refractivity contribution in [3.8, 4) is 11.1 Å². The molecule has 0 heteroatoms. The fourth-order valence-electron chi connectivity index (χ4n) is 4.72. The summed E-state index contributed by atoms with van der Waals surface area (Å²) in [6.45, 7) is 4.43. The van der Waals surface area contributed by atoms with Crippen molar-refractivity contribution in [3.63, 3.8) is 0 Å². The van der Waals surface area contributed by atoms with Crippen molar-refractivity contribution < 1.29 is 0 Å². The van der Waals surface area contributed by atoms with E-state index in [9.17, 15) is 0 Å². The second kappa shape index (κ2) is 4.35. The SMILES string of the molecule is Cc1ccc2c(c1)C1(Cc3ccccc3C1)c1cc(C)ccc1-2. The van der Waals surface area contributed by atoms with E-state index in [2.05, 4.69) is 74.5 Å². The third-order valence-electron chi connectivity index (χ3n) is 5.77. The van der Waals surface area contributed by atoms with Crippen LogP contribution in [0.3, 0.4) is 0 Å². The summed E-state index contributed by atoms with van der Waals surface area (Å²) in [7, 11) is 0. The van der Waals surface area contributed by atoms with E-state index >= 15 is 0 Å². The molecule has 2 aliphatic carbocycles. The van der Waals surface area contributed by atoms with Gasteiger partial charge in [0.25, 0.3) is 0 Å². The molecule has 0 unspecified atom stereocenters. The van der Waals surface area contributed by atoms with Crippen molar-refractivity contribution in [3.05, 3.63) is 94.0 Å². The minimum Gasteiger partial charge on any atom is -0.0620 e. The number of benzene rings is 3. The van der Waals surface area contributed by atoms with Crippen LogP contribution >= 0.6 is 0 Å². The van der Waals surface area contributed by atoms with E-state index in [-0.39, 0.29) is 5.41 Å². The van der Waals surface area contributed by atoms with Gasteiger partial charge in [0, 0.05) is 5.41 Å². The molecule has 112 valence electrons. The highest BCUT2D eigenvalue weighted by atomic mass is 14.5. The fourth-order valence-corrected chi connectivity index (χ4v) is 4.72. The van der Waals surface area contributed by atoms with Crippen LogP contribution in [0.4, 0.5) is 0 Å². The van der Waals surface area contributed by atoms with Gasteiger partial charge >= 0.3 is 0 Å². The Hall–Kier alpha value is -2.34. The number of rotatable bonds is 0. The van der Waals surface area contributed by atoms with Gasteiger partial charge in [-0.1, -0.05) is 71.8 Å². The Morgan fingerprint density at radius 2 is 1.13 bits per heavy atom. The van der Waals surface area contributed by atoms with E-state index in [0.29, 0.717) is 0 Å². The van der Waals surface area contributed by atoms with Crippen LogP contribution in [-0.2, 0) is 18.3 Å². The first kappa shape index (κ1) is 13.1. The van der Waals surface area contributed by atoms with Gasteiger partial charge in [-0.15, -0.1) is 0 Å². The zero-order chi connectivity index (χ0) is 15.6. The van der Waals surface area contributed by atoms with E-state index in [1.54, 1.807) is 0 Å². The largest absolute Gasteiger partial charge is 0.0620 e. The van der Waals surface area contributed by atoms with Gasteiger partial charge < -0.3 is 0 Å². The maximum absolute atomic E-state index is 2.43. The first-order valence-electron chi connectivity index (χ1n) is 8.47. The van der Waals surface area contributed by atoms with E-state index in [0.717, 1.165) is 12.8 Å². The third-order valence-corrected chi connectivity index (χ3v) is 5.77. The normalized spacial score (nSPS) is 16.3. The lowest BCUT2D eigenvalue weighted by atomic mass is 9.75. The van der Waals surface area contributed by atoms with E-state index in [4.69, 9.17) is 0 Å². The van der Waals surface area contributed by atoms with Crippen molar-refractivity contribution in [2.75, 3.05) is 0 Å². The van der Waals surface area contributed by atoms with Crippen LogP contribution < -0.4 is 0 Å². The number of fused-ring (bicyclic) bond motifs is 6. The average Bonchev–Trinajstić information content (AvgIpc) is 3.05. The van der Waals surface area contributed by atoms with Crippen molar-refractivity contribution in [1.29, 1.82) is 0 Å². The molecule has 0 atom stereocenters. The standard InChI is InChI=1S/C23H20/c1-15-7-9-19-20-10-8-16(2)12-22(20)23(21(19)11-15)13-17-5-3-4-6-18(17)14-23/h3-12H,13-14H2,1-2H3. The van der Waals surface area contributed by atoms with E-state index in [1.165, 1.54) is 44.5 Å². The molecule has 2 aliphatic rings. The summed E-state index contributed by atoms with van der Waals surface area (Å²) in [6, 6.07) is 23.0. The van der Waals surface area contributed by atoms with Crippen LogP contribution in [0.2, 0.25) is 0 Å². The van der Waals surface area contributed by atoms with E-state index < -0.39 is 0 Å². The zero-order valence-corrected chi connectivity index (χ0v) is 13.7. The monoisotopic (exact) mass is 296 g/mol. The molecule has 3 aromatic rings. The topological polar surface area (TPSA) is 0 Å². The number of aryl methyl sites for hydroxylation is 2. The molecule has 3 aromatic carbocycles. The van der Waals surface area contributed by atoms with Crippen LogP contribution in [0.1, 0.15) is 33.4 Å². The molecule has 0 amide bonds. The van der Waals surface area contributed by atoms with Crippen LogP contribution in [0.25, 0.3) is 11.1 Å². The Morgan fingerprint density at radius 1 is 0.652 bits per heavy atom. The van der Waals surface area contributed by atoms with Gasteiger partial charge in [0.1, 0.15) is 0 Å².